The average Bonchev–Trinajstić information content (AvgIpc) is 2.29. The summed E-state index contributed by atoms with van der Waals surface area (Å²) in [5.74, 6) is 0. The van der Waals surface area contributed by atoms with Gasteiger partial charge in [-0.05, 0) is 19.4 Å². The Morgan fingerprint density at radius 2 is 1.83 bits per heavy atom. The Balaban J connectivity index is 2.12. The van der Waals surface area contributed by atoms with Gasteiger partial charge in [-0.25, -0.2) is 0 Å². The van der Waals surface area contributed by atoms with Crippen LogP contribution < -0.4 is 0 Å². The van der Waals surface area contributed by atoms with Gasteiger partial charge in [0.05, 0.1) is 24.4 Å². The molecule has 4 nitrogen and oxygen atoms in total. The first-order valence-electron chi connectivity index (χ1n) is 4.48. The minimum absolute atomic E-state index is 0.228. The van der Waals surface area contributed by atoms with Crippen LogP contribution in [-0.2, 0) is 0 Å². The molecule has 4 heteroatoms. The summed E-state index contributed by atoms with van der Waals surface area (Å²) in [6.07, 6.45) is -0.212. The molecule has 0 amide bonds. The third-order valence-corrected chi connectivity index (χ3v) is 2.93. The number of fused-ring (bicyclic) bond motifs is 1. The molecule has 2 rings (SSSR count). The normalized spacial score (nSPS) is 49.2. The third-order valence-electron chi connectivity index (χ3n) is 2.93. The molecule has 4 atom stereocenters. The molecule has 0 aromatic carbocycles. The number of hydrogen-bond acceptors (Lipinski definition) is 4. The largest absolute Gasteiger partial charge is 0.391 e. The summed E-state index contributed by atoms with van der Waals surface area (Å²) in [5.41, 5.74) is 0. The molecular weight excluding hydrogens is 158 g/mol. The Bertz CT molecular complexity index is 176. The first kappa shape index (κ1) is 8.44. The number of hydrogen-bond donors (Lipinski definition) is 3. The predicted molar refractivity (Wildman–Crippen MR) is 42.6 cm³/mol. The van der Waals surface area contributed by atoms with Gasteiger partial charge in [0.15, 0.2) is 0 Å². The molecule has 0 unspecified atom stereocenters. The first-order valence-corrected chi connectivity index (χ1v) is 4.48. The van der Waals surface area contributed by atoms with Crippen LogP contribution in [0, 0.1) is 0 Å². The highest BCUT2D eigenvalue weighted by Gasteiger charge is 2.45. The van der Waals surface area contributed by atoms with Crippen LogP contribution in [0.1, 0.15) is 12.8 Å². The lowest BCUT2D eigenvalue weighted by atomic mass is 9.97. The highest BCUT2D eigenvalue weighted by molar-refractivity contribution is 4.99. The molecule has 0 radical (unpaired) electrons. The second kappa shape index (κ2) is 2.96. The highest BCUT2D eigenvalue weighted by Crippen LogP contribution is 2.27. The fourth-order valence-corrected chi connectivity index (χ4v) is 2.30. The molecule has 0 bridgehead atoms. The maximum atomic E-state index is 9.55. The highest BCUT2D eigenvalue weighted by atomic mass is 16.3. The Hall–Kier alpha value is -0.160. The van der Waals surface area contributed by atoms with E-state index < -0.39 is 18.3 Å². The van der Waals surface area contributed by atoms with E-state index in [1.807, 2.05) is 4.90 Å². The fourth-order valence-electron chi connectivity index (χ4n) is 2.30. The van der Waals surface area contributed by atoms with Crippen molar-refractivity contribution < 1.29 is 15.3 Å². The van der Waals surface area contributed by atoms with Crippen LogP contribution in [0.4, 0.5) is 0 Å². The number of aliphatic hydroxyl groups excluding tert-OH is 3. The van der Waals surface area contributed by atoms with Crippen molar-refractivity contribution in [1.82, 2.24) is 4.90 Å². The Morgan fingerprint density at radius 3 is 2.50 bits per heavy atom. The first-order chi connectivity index (χ1) is 5.70. The molecule has 0 saturated carbocycles. The average molecular weight is 173 g/mol. The van der Waals surface area contributed by atoms with Crippen LogP contribution in [-0.4, -0.2) is 57.7 Å². The molecule has 2 aliphatic heterocycles. The molecule has 3 N–H and O–H groups in total. The van der Waals surface area contributed by atoms with Crippen LogP contribution in [0.15, 0.2) is 0 Å². The number of rotatable bonds is 0. The summed E-state index contributed by atoms with van der Waals surface area (Å²) in [6.45, 7) is 1.39. The van der Waals surface area contributed by atoms with Crippen molar-refractivity contribution in [3.63, 3.8) is 0 Å². The molecule has 2 fully saturated rings. The molecule has 0 aromatic rings. The number of nitrogens with zero attached hydrogens (tertiary/aromatic N) is 1. The molecule has 70 valence electrons. The zero-order valence-electron chi connectivity index (χ0n) is 6.93. The van der Waals surface area contributed by atoms with E-state index in [-0.39, 0.29) is 6.04 Å². The van der Waals surface area contributed by atoms with Crippen LogP contribution in [0.3, 0.4) is 0 Å². The lowest BCUT2D eigenvalue weighted by Crippen LogP contribution is -2.48. The molecule has 12 heavy (non-hydrogen) atoms. The van der Waals surface area contributed by atoms with E-state index in [1.165, 1.54) is 0 Å². The van der Waals surface area contributed by atoms with E-state index in [1.54, 1.807) is 0 Å². The molecule has 2 saturated heterocycles. The van der Waals surface area contributed by atoms with E-state index in [0.717, 1.165) is 19.4 Å². The molecule has 2 aliphatic rings. The summed E-state index contributed by atoms with van der Waals surface area (Å²) >= 11 is 0. The van der Waals surface area contributed by atoms with E-state index in [9.17, 15) is 15.3 Å². The monoisotopic (exact) mass is 173 g/mol. The van der Waals surface area contributed by atoms with Crippen LogP contribution in [0.5, 0.6) is 0 Å². The summed E-state index contributed by atoms with van der Waals surface area (Å²) < 4.78 is 0. The third kappa shape index (κ3) is 1.15. The van der Waals surface area contributed by atoms with Gasteiger partial charge < -0.3 is 15.3 Å². The lowest BCUT2D eigenvalue weighted by molar-refractivity contribution is -0.0282. The fraction of sp³-hybridized carbons (Fsp3) is 1.00. The van der Waals surface area contributed by atoms with Gasteiger partial charge >= 0.3 is 0 Å². The number of aliphatic hydroxyl groups is 3. The second-order valence-electron chi connectivity index (χ2n) is 3.75. The van der Waals surface area contributed by atoms with E-state index >= 15 is 0 Å². The lowest BCUT2D eigenvalue weighted by Gasteiger charge is -2.34. The Kier molecular flexibility index (Phi) is 2.08. The predicted octanol–water partition coefficient (Wildman–Crippen LogP) is -1.45. The minimum Gasteiger partial charge on any atom is -0.391 e. The van der Waals surface area contributed by atoms with Crippen molar-refractivity contribution in [2.24, 2.45) is 0 Å². The van der Waals surface area contributed by atoms with Crippen molar-refractivity contribution in [2.45, 2.75) is 37.2 Å². The van der Waals surface area contributed by atoms with Crippen molar-refractivity contribution in [3.8, 4) is 0 Å². The maximum Gasteiger partial charge on any atom is 0.0991 e. The summed E-state index contributed by atoms with van der Waals surface area (Å²) in [5, 5.41) is 28.4. The summed E-state index contributed by atoms with van der Waals surface area (Å²) in [4.78, 5) is 1.98. The van der Waals surface area contributed by atoms with E-state index in [2.05, 4.69) is 0 Å². The minimum atomic E-state index is -0.764. The van der Waals surface area contributed by atoms with Crippen molar-refractivity contribution in [3.05, 3.63) is 0 Å². The van der Waals surface area contributed by atoms with Gasteiger partial charge in [-0.3, -0.25) is 4.90 Å². The van der Waals surface area contributed by atoms with Crippen LogP contribution in [0.2, 0.25) is 0 Å². The molecule has 0 aliphatic carbocycles. The number of piperidine rings is 1. The van der Waals surface area contributed by atoms with Gasteiger partial charge in [0, 0.05) is 6.54 Å². The molecule has 0 spiro atoms. The second-order valence-corrected chi connectivity index (χ2v) is 3.75. The zero-order valence-corrected chi connectivity index (χ0v) is 6.93. The summed E-state index contributed by atoms with van der Waals surface area (Å²) in [6, 6.07) is -0.228. The van der Waals surface area contributed by atoms with Gasteiger partial charge in [-0.2, -0.15) is 0 Å². The smallest absolute Gasteiger partial charge is 0.0991 e. The van der Waals surface area contributed by atoms with Crippen molar-refractivity contribution >= 4 is 0 Å². The quantitative estimate of drug-likeness (QED) is 0.419. The van der Waals surface area contributed by atoms with Crippen LogP contribution >= 0.6 is 0 Å². The van der Waals surface area contributed by atoms with Gasteiger partial charge in [0.2, 0.25) is 0 Å². The van der Waals surface area contributed by atoms with Gasteiger partial charge in [0.1, 0.15) is 0 Å². The van der Waals surface area contributed by atoms with E-state index in [4.69, 9.17) is 0 Å². The summed E-state index contributed by atoms with van der Waals surface area (Å²) in [7, 11) is 0. The maximum absolute atomic E-state index is 9.55. The van der Waals surface area contributed by atoms with Gasteiger partial charge in [-0.15, -0.1) is 0 Å². The zero-order chi connectivity index (χ0) is 8.72. The topological polar surface area (TPSA) is 63.9 Å². The van der Waals surface area contributed by atoms with Gasteiger partial charge in [0.25, 0.3) is 0 Å². The van der Waals surface area contributed by atoms with Crippen LogP contribution in [0.25, 0.3) is 0 Å². The molecular formula is C8H15NO3. The Labute approximate surface area is 71.4 Å². The Morgan fingerprint density at radius 1 is 1.08 bits per heavy atom. The van der Waals surface area contributed by atoms with Crippen molar-refractivity contribution in [2.75, 3.05) is 13.1 Å². The standard InChI is InChI=1S/C8H15NO3/c10-5-2-1-3-9-4-6(11)8(12)7(5)9/h5-8,10-12H,1-4H2/t5-,6-,7-,8+/m0/s1. The van der Waals surface area contributed by atoms with Crippen molar-refractivity contribution in [1.29, 1.82) is 0 Å². The molecule has 2 heterocycles. The SMILES string of the molecule is O[C@H]1[C@@H]2[C@@H](O)CCCN2C[C@@H]1O. The van der Waals surface area contributed by atoms with Gasteiger partial charge in [-0.1, -0.05) is 0 Å². The van der Waals surface area contributed by atoms with E-state index in [0.29, 0.717) is 6.54 Å². The molecule has 0 aromatic heterocycles.